The molecule has 1 saturated heterocycles. The largest absolute Gasteiger partial charge is 0.216 e. The van der Waals surface area contributed by atoms with Gasteiger partial charge in [-0.05, 0) is 31.6 Å². The third-order valence-corrected chi connectivity index (χ3v) is 5.57. The molecule has 1 aliphatic rings. The molecule has 0 radical (unpaired) electrons. The van der Waals surface area contributed by atoms with E-state index in [1.54, 1.807) is 18.2 Å². The maximum absolute atomic E-state index is 11.9. The van der Waals surface area contributed by atoms with Gasteiger partial charge in [0.1, 0.15) is 0 Å². The minimum atomic E-state index is -3.04. The molecule has 0 saturated carbocycles. The fourth-order valence-electron chi connectivity index (χ4n) is 1.96. The summed E-state index contributed by atoms with van der Waals surface area (Å²) >= 11 is 0. The number of hydrogen-bond acceptors (Lipinski definition) is 2. The highest BCUT2D eigenvalue weighted by Gasteiger charge is 2.37. The highest BCUT2D eigenvalue weighted by molar-refractivity contribution is 7.89. The van der Waals surface area contributed by atoms with Crippen LogP contribution in [0, 0.1) is 11.3 Å². The maximum Gasteiger partial charge on any atom is 0.216 e. The van der Waals surface area contributed by atoms with Gasteiger partial charge in [-0.3, -0.25) is 0 Å². The lowest BCUT2D eigenvalue weighted by Crippen LogP contribution is -2.35. The van der Waals surface area contributed by atoms with Crippen LogP contribution in [0.3, 0.4) is 0 Å². The van der Waals surface area contributed by atoms with Crippen LogP contribution in [-0.4, -0.2) is 31.1 Å². The summed E-state index contributed by atoms with van der Waals surface area (Å²) in [4.78, 5) is 0. The minimum absolute atomic E-state index is 0.210. The lowest BCUT2D eigenvalue weighted by Gasteiger charge is -2.27. The Kier molecular flexibility index (Phi) is 3.51. The lowest BCUT2D eigenvalue weighted by atomic mass is 9.80. The molecule has 0 aliphatic carbocycles. The van der Waals surface area contributed by atoms with Crippen LogP contribution in [0.1, 0.15) is 41.0 Å². The average Bonchev–Trinajstić information content (AvgIpc) is 2.50. The number of nitrogens with zero attached hydrogens (tertiary/aromatic N) is 1. The van der Waals surface area contributed by atoms with Gasteiger partial charge < -0.3 is 0 Å². The van der Waals surface area contributed by atoms with Crippen molar-refractivity contribution in [2.45, 2.75) is 46.3 Å². The van der Waals surface area contributed by atoms with Crippen LogP contribution in [0.25, 0.3) is 0 Å². The smallest absolute Gasteiger partial charge is 0.212 e. The van der Waals surface area contributed by atoms with E-state index >= 15 is 0 Å². The molecule has 0 aromatic carbocycles. The van der Waals surface area contributed by atoms with Gasteiger partial charge in [-0.2, -0.15) is 0 Å². The first-order valence-corrected chi connectivity index (χ1v) is 7.15. The van der Waals surface area contributed by atoms with Gasteiger partial charge in [-0.15, -0.1) is 0 Å². The maximum atomic E-state index is 11.9. The van der Waals surface area contributed by atoms with Gasteiger partial charge in [0.2, 0.25) is 10.0 Å². The standard InChI is InChI=1S/C11H23NO2S/c1-9(2)15(13,14)12-7-6-10(8-12)11(3,4)5/h9-10H,6-8H2,1-5H3. The summed E-state index contributed by atoms with van der Waals surface area (Å²) in [7, 11) is -3.04. The fourth-order valence-corrected chi connectivity index (χ4v) is 3.31. The highest BCUT2D eigenvalue weighted by Crippen LogP contribution is 2.35. The zero-order chi connectivity index (χ0) is 11.9. The van der Waals surface area contributed by atoms with Crippen LogP contribution in [0.2, 0.25) is 0 Å². The molecule has 1 unspecified atom stereocenters. The topological polar surface area (TPSA) is 37.4 Å². The molecule has 1 rings (SSSR count). The summed E-state index contributed by atoms with van der Waals surface area (Å²) in [5.74, 6) is 0.492. The van der Waals surface area contributed by atoms with Crippen LogP contribution in [0.15, 0.2) is 0 Å². The van der Waals surface area contributed by atoms with Gasteiger partial charge in [0.15, 0.2) is 0 Å². The van der Waals surface area contributed by atoms with Crippen molar-refractivity contribution < 1.29 is 8.42 Å². The molecule has 4 heteroatoms. The Labute approximate surface area is 93.9 Å². The Bertz CT molecular complexity index is 314. The van der Waals surface area contributed by atoms with Crippen molar-refractivity contribution in [1.82, 2.24) is 4.31 Å². The van der Waals surface area contributed by atoms with Crippen LogP contribution in [0.5, 0.6) is 0 Å². The van der Waals surface area contributed by atoms with E-state index in [1.165, 1.54) is 0 Å². The van der Waals surface area contributed by atoms with Gasteiger partial charge in [-0.25, -0.2) is 12.7 Å². The van der Waals surface area contributed by atoms with Crippen LogP contribution in [-0.2, 0) is 10.0 Å². The van der Waals surface area contributed by atoms with E-state index in [-0.39, 0.29) is 10.7 Å². The summed E-state index contributed by atoms with van der Waals surface area (Å²) in [6.45, 7) is 11.4. The van der Waals surface area contributed by atoms with Gasteiger partial charge in [-0.1, -0.05) is 20.8 Å². The molecule has 0 amide bonds. The zero-order valence-corrected chi connectivity index (χ0v) is 11.3. The molecular weight excluding hydrogens is 210 g/mol. The zero-order valence-electron chi connectivity index (χ0n) is 10.4. The van der Waals surface area contributed by atoms with Crippen LogP contribution in [0.4, 0.5) is 0 Å². The van der Waals surface area contributed by atoms with Crippen molar-refractivity contribution in [3.8, 4) is 0 Å². The van der Waals surface area contributed by atoms with Gasteiger partial charge in [0, 0.05) is 13.1 Å². The predicted octanol–water partition coefficient (Wildman–Crippen LogP) is 2.09. The second kappa shape index (κ2) is 4.06. The summed E-state index contributed by atoms with van der Waals surface area (Å²) < 4.78 is 25.5. The fraction of sp³-hybridized carbons (Fsp3) is 1.00. The molecule has 3 nitrogen and oxygen atoms in total. The lowest BCUT2D eigenvalue weighted by molar-refractivity contribution is 0.251. The van der Waals surface area contributed by atoms with E-state index < -0.39 is 10.0 Å². The first-order chi connectivity index (χ1) is 6.65. The van der Waals surface area contributed by atoms with Gasteiger partial charge in [0.25, 0.3) is 0 Å². The Hall–Kier alpha value is -0.0900. The summed E-state index contributed by atoms with van der Waals surface area (Å²) in [6.07, 6.45) is 0.995. The minimum Gasteiger partial charge on any atom is -0.212 e. The van der Waals surface area contributed by atoms with Gasteiger partial charge >= 0.3 is 0 Å². The third kappa shape index (κ3) is 2.72. The van der Waals surface area contributed by atoms with E-state index in [1.807, 2.05) is 0 Å². The molecule has 0 bridgehead atoms. The molecule has 1 fully saturated rings. The Morgan fingerprint density at radius 1 is 1.27 bits per heavy atom. The van der Waals surface area contributed by atoms with Crippen molar-refractivity contribution in [3.05, 3.63) is 0 Å². The van der Waals surface area contributed by atoms with Crippen molar-refractivity contribution in [2.24, 2.45) is 11.3 Å². The Morgan fingerprint density at radius 3 is 2.13 bits per heavy atom. The van der Waals surface area contributed by atoms with E-state index in [0.29, 0.717) is 19.0 Å². The second-order valence-electron chi connectivity index (χ2n) is 5.80. The van der Waals surface area contributed by atoms with Gasteiger partial charge in [0.05, 0.1) is 5.25 Å². The second-order valence-corrected chi connectivity index (χ2v) is 8.29. The van der Waals surface area contributed by atoms with E-state index in [2.05, 4.69) is 20.8 Å². The Balaban J connectivity index is 2.73. The molecule has 0 spiro atoms. The van der Waals surface area contributed by atoms with Crippen molar-refractivity contribution in [2.75, 3.05) is 13.1 Å². The Morgan fingerprint density at radius 2 is 1.80 bits per heavy atom. The molecule has 0 aromatic rings. The molecular formula is C11H23NO2S. The van der Waals surface area contributed by atoms with E-state index in [9.17, 15) is 8.42 Å². The number of rotatable bonds is 2. The number of hydrogen-bond donors (Lipinski definition) is 0. The monoisotopic (exact) mass is 233 g/mol. The summed E-state index contributed by atoms with van der Waals surface area (Å²) in [6, 6.07) is 0. The molecule has 90 valence electrons. The first kappa shape index (κ1) is 13.0. The van der Waals surface area contributed by atoms with Crippen LogP contribution < -0.4 is 0 Å². The third-order valence-electron chi connectivity index (χ3n) is 3.33. The summed E-state index contributed by atoms with van der Waals surface area (Å²) in [5, 5.41) is -0.295. The van der Waals surface area contributed by atoms with Crippen molar-refractivity contribution in [3.63, 3.8) is 0 Å². The number of sulfonamides is 1. The average molecular weight is 233 g/mol. The molecule has 0 aromatic heterocycles. The van der Waals surface area contributed by atoms with Crippen molar-refractivity contribution >= 4 is 10.0 Å². The van der Waals surface area contributed by atoms with Crippen LogP contribution >= 0.6 is 0 Å². The van der Waals surface area contributed by atoms with E-state index in [0.717, 1.165) is 6.42 Å². The van der Waals surface area contributed by atoms with Crippen molar-refractivity contribution in [1.29, 1.82) is 0 Å². The highest BCUT2D eigenvalue weighted by atomic mass is 32.2. The molecule has 0 N–H and O–H groups in total. The normalized spacial score (nSPS) is 25.1. The molecule has 1 heterocycles. The molecule has 15 heavy (non-hydrogen) atoms. The molecule has 1 atom stereocenters. The first-order valence-electron chi connectivity index (χ1n) is 5.64. The van der Waals surface area contributed by atoms with E-state index in [4.69, 9.17) is 0 Å². The summed E-state index contributed by atoms with van der Waals surface area (Å²) in [5.41, 5.74) is 0.210. The molecule has 1 aliphatic heterocycles. The predicted molar refractivity (Wildman–Crippen MR) is 63.2 cm³/mol. The SMILES string of the molecule is CC(C)S(=O)(=O)N1CCC(C(C)(C)C)C1. The quantitative estimate of drug-likeness (QED) is 0.732.